The van der Waals surface area contributed by atoms with E-state index in [4.69, 9.17) is 11.6 Å². The molecule has 2 rings (SSSR count). The summed E-state index contributed by atoms with van der Waals surface area (Å²) in [6.07, 6.45) is 0. The lowest BCUT2D eigenvalue weighted by atomic mass is 9.98. The molecule has 2 aromatic rings. The Bertz CT molecular complexity index is 560. The van der Waals surface area contributed by atoms with E-state index < -0.39 is 0 Å². The Morgan fingerprint density at radius 1 is 1.32 bits per heavy atom. The molecule has 1 unspecified atom stereocenters. The van der Waals surface area contributed by atoms with E-state index in [0.717, 1.165) is 15.4 Å². The largest absolute Gasteiger partial charge is 0.306 e. The first-order valence-corrected chi connectivity index (χ1v) is 8.27. The molecule has 0 aliphatic carbocycles. The van der Waals surface area contributed by atoms with Gasteiger partial charge in [0.1, 0.15) is 0 Å². The van der Waals surface area contributed by atoms with Crippen molar-refractivity contribution in [2.75, 3.05) is 6.54 Å². The number of rotatable bonds is 4. The summed E-state index contributed by atoms with van der Waals surface area (Å²) in [5, 5.41) is 4.33. The summed E-state index contributed by atoms with van der Waals surface area (Å²) >= 11 is 11.4. The predicted octanol–water partition coefficient (Wildman–Crippen LogP) is 5.48. The van der Waals surface area contributed by atoms with Gasteiger partial charge in [0.15, 0.2) is 0 Å². The Morgan fingerprint density at radius 3 is 2.58 bits per heavy atom. The average Bonchev–Trinajstić information content (AvgIpc) is 2.67. The second-order valence-corrected chi connectivity index (χ2v) is 7.43. The number of hydrogen-bond donors (Lipinski definition) is 1. The second-order valence-electron chi connectivity index (χ2n) is 4.62. The molecule has 0 bridgehead atoms. The normalized spacial score (nSPS) is 12.7. The number of thiophene rings is 1. The molecule has 0 radical (unpaired) electrons. The molecule has 1 aromatic carbocycles. The quantitative estimate of drug-likeness (QED) is 0.763. The van der Waals surface area contributed by atoms with E-state index >= 15 is 0 Å². The minimum absolute atomic E-state index is 0.208. The van der Waals surface area contributed by atoms with Gasteiger partial charge in [-0.15, -0.1) is 11.3 Å². The summed E-state index contributed by atoms with van der Waals surface area (Å²) < 4.78 is 0.997. The summed E-state index contributed by atoms with van der Waals surface area (Å²) in [6, 6.07) is 8.85. The highest BCUT2D eigenvalue weighted by molar-refractivity contribution is 9.11. The molecular formula is C15H17BrClNS. The van der Waals surface area contributed by atoms with Crippen LogP contribution >= 0.6 is 38.9 Å². The van der Waals surface area contributed by atoms with E-state index in [9.17, 15) is 0 Å². The van der Waals surface area contributed by atoms with Crippen molar-refractivity contribution in [3.63, 3.8) is 0 Å². The van der Waals surface area contributed by atoms with Crippen LogP contribution < -0.4 is 5.32 Å². The lowest BCUT2D eigenvalue weighted by Gasteiger charge is -2.19. The summed E-state index contributed by atoms with van der Waals surface area (Å²) in [7, 11) is 0. The van der Waals surface area contributed by atoms with Crippen molar-refractivity contribution in [3.05, 3.63) is 54.6 Å². The highest BCUT2D eigenvalue weighted by atomic mass is 79.9. The second kappa shape index (κ2) is 6.40. The van der Waals surface area contributed by atoms with Gasteiger partial charge in [-0.25, -0.2) is 0 Å². The van der Waals surface area contributed by atoms with Crippen LogP contribution in [0.5, 0.6) is 0 Å². The summed E-state index contributed by atoms with van der Waals surface area (Å²) in [4.78, 5) is 1.24. The van der Waals surface area contributed by atoms with Gasteiger partial charge in [-0.3, -0.25) is 0 Å². The maximum atomic E-state index is 6.16. The van der Waals surface area contributed by atoms with Crippen LogP contribution in [-0.4, -0.2) is 6.54 Å². The van der Waals surface area contributed by atoms with Gasteiger partial charge in [0.05, 0.1) is 14.9 Å². The molecule has 102 valence electrons. The molecule has 0 amide bonds. The smallest absolute Gasteiger partial charge is 0.0888 e. The molecule has 19 heavy (non-hydrogen) atoms. The van der Waals surface area contributed by atoms with Crippen molar-refractivity contribution in [2.45, 2.75) is 26.8 Å². The Morgan fingerprint density at radius 2 is 2.05 bits per heavy atom. The van der Waals surface area contributed by atoms with Crippen LogP contribution in [0.3, 0.4) is 0 Å². The summed E-state index contributed by atoms with van der Waals surface area (Å²) in [5.74, 6) is 0. The van der Waals surface area contributed by atoms with Gasteiger partial charge in [0.25, 0.3) is 0 Å². The van der Waals surface area contributed by atoms with Crippen molar-refractivity contribution in [1.82, 2.24) is 5.32 Å². The average molecular weight is 359 g/mol. The number of hydrogen-bond acceptors (Lipinski definition) is 2. The minimum Gasteiger partial charge on any atom is -0.306 e. The van der Waals surface area contributed by atoms with Crippen LogP contribution in [0.15, 0.2) is 28.1 Å². The zero-order valence-electron chi connectivity index (χ0n) is 11.3. The first kappa shape index (κ1) is 15.0. The van der Waals surface area contributed by atoms with Gasteiger partial charge in [-0.1, -0.05) is 42.3 Å². The highest BCUT2D eigenvalue weighted by Crippen LogP contribution is 2.38. The standard InChI is InChI=1S/C15H17BrClNS/c1-4-18-14(13-8-12(17)15(16)19-13)11-6-5-9(2)7-10(11)3/h5-8,14,18H,4H2,1-3H3. The molecule has 0 aliphatic rings. The first-order valence-electron chi connectivity index (χ1n) is 6.28. The molecule has 1 atom stereocenters. The van der Waals surface area contributed by atoms with Crippen LogP contribution in [0.2, 0.25) is 5.02 Å². The van der Waals surface area contributed by atoms with Crippen molar-refractivity contribution in [1.29, 1.82) is 0 Å². The van der Waals surface area contributed by atoms with E-state index in [1.165, 1.54) is 21.6 Å². The third-order valence-corrected chi connectivity index (χ3v) is 5.63. The molecular weight excluding hydrogens is 342 g/mol. The van der Waals surface area contributed by atoms with Crippen LogP contribution in [0.25, 0.3) is 0 Å². The zero-order valence-corrected chi connectivity index (χ0v) is 14.4. The maximum absolute atomic E-state index is 6.16. The van der Waals surface area contributed by atoms with Gasteiger partial charge in [-0.05, 0) is 53.5 Å². The topological polar surface area (TPSA) is 12.0 Å². The third kappa shape index (κ3) is 3.40. The van der Waals surface area contributed by atoms with Gasteiger partial charge >= 0.3 is 0 Å². The molecule has 4 heteroatoms. The van der Waals surface area contributed by atoms with Crippen LogP contribution in [0.1, 0.15) is 34.5 Å². The fourth-order valence-corrected chi connectivity index (χ4v) is 4.06. The molecule has 0 spiro atoms. The number of nitrogens with one attached hydrogen (secondary N) is 1. The number of halogens is 2. The van der Waals surface area contributed by atoms with E-state index in [-0.39, 0.29) is 6.04 Å². The van der Waals surface area contributed by atoms with Gasteiger partial charge < -0.3 is 5.32 Å². The molecule has 1 heterocycles. The molecule has 0 aliphatic heterocycles. The van der Waals surface area contributed by atoms with Crippen LogP contribution in [0.4, 0.5) is 0 Å². The van der Waals surface area contributed by atoms with E-state index in [2.05, 4.69) is 60.2 Å². The summed E-state index contributed by atoms with van der Waals surface area (Å²) in [6.45, 7) is 7.33. The van der Waals surface area contributed by atoms with Gasteiger partial charge in [-0.2, -0.15) is 0 Å². The van der Waals surface area contributed by atoms with Gasteiger partial charge in [0.2, 0.25) is 0 Å². The molecule has 1 nitrogen and oxygen atoms in total. The zero-order chi connectivity index (χ0) is 14.0. The highest BCUT2D eigenvalue weighted by Gasteiger charge is 2.18. The van der Waals surface area contributed by atoms with Crippen molar-refractivity contribution < 1.29 is 0 Å². The molecule has 0 fully saturated rings. The molecule has 1 N–H and O–H groups in total. The predicted molar refractivity (Wildman–Crippen MR) is 88.5 cm³/mol. The Labute approximate surface area is 132 Å². The third-order valence-electron chi connectivity index (χ3n) is 3.09. The minimum atomic E-state index is 0.208. The Hall–Kier alpha value is -0.350. The molecule has 0 saturated carbocycles. The van der Waals surface area contributed by atoms with E-state index in [1.807, 2.05) is 6.07 Å². The van der Waals surface area contributed by atoms with Crippen LogP contribution in [-0.2, 0) is 0 Å². The fourth-order valence-electron chi connectivity index (χ4n) is 2.22. The summed E-state index contributed by atoms with van der Waals surface area (Å²) in [5.41, 5.74) is 3.92. The van der Waals surface area contributed by atoms with Gasteiger partial charge in [0, 0.05) is 4.88 Å². The Kier molecular flexibility index (Phi) is 5.07. The first-order chi connectivity index (χ1) is 9.02. The van der Waals surface area contributed by atoms with E-state index in [0.29, 0.717) is 0 Å². The lowest BCUT2D eigenvalue weighted by Crippen LogP contribution is -2.21. The van der Waals surface area contributed by atoms with Crippen molar-refractivity contribution in [2.24, 2.45) is 0 Å². The fraction of sp³-hybridized carbons (Fsp3) is 0.333. The Balaban J connectivity index is 2.44. The molecule has 0 saturated heterocycles. The monoisotopic (exact) mass is 357 g/mol. The SMILES string of the molecule is CCNC(c1cc(Cl)c(Br)s1)c1ccc(C)cc1C. The number of aryl methyl sites for hydroxylation is 2. The van der Waals surface area contributed by atoms with Crippen LogP contribution in [0, 0.1) is 13.8 Å². The lowest BCUT2D eigenvalue weighted by molar-refractivity contribution is 0.636. The number of benzene rings is 1. The van der Waals surface area contributed by atoms with Crippen molar-refractivity contribution >= 4 is 38.9 Å². The maximum Gasteiger partial charge on any atom is 0.0888 e. The van der Waals surface area contributed by atoms with Crippen molar-refractivity contribution in [3.8, 4) is 0 Å². The van der Waals surface area contributed by atoms with E-state index in [1.54, 1.807) is 11.3 Å². The molecule has 1 aromatic heterocycles.